The van der Waals surface area contributed by atoms with E-state index in [9.17, 15) is 17.6 Å². The van der Waals surface area contributed by atoms with Gasteiger partial charge in [0.05, 0.1) is 17.1 Å². The third-order valence-electron chi connectivity index (χ3n) is 5.33. The molecule has 3 heterocycles. The topological polar surface area (TPSA) is 84.3 Å². The van der Waals surface area contributed by atoms with Crippen LogP contribution >= 0.6 is 11.3 Å². The Morgan fingerprint density at radius 2 is 1.90 bits per heavy atom. The van der Waals surface area contributed by atoms with E-state index in [1.807, 2.05) is 4.90 Å². The van der Waals surface area contributed by atoms with Crippen LogP contribution in [0.4, 0.5) is 10.1 Å². The lowest BCUT2D eigenvalue weighted by Crippen LogP contribution is -2.27. The summed E-state index contributed by atoms with van der Waals surface area (Å²) < 4.78 is 43.3. The number of carbonyl (C=O) groups is 1. The molecular formula is C21H23FN4O3S2. The summed E-state index contributed by atoms with van der Waals surface area (Å²) in [5, 5.41) is 0.585. The molecule has 1 amide bonds. The molecule has 1 aromatic carbocycles. The molecule has 164 valence electrons. The van der Waals surface area contributed by atoms with E-state index < -0.39 is 15.8 Å². The van der Waals surface area contributed by atoms with Gasteiger partial charge in [0, 0.05) is 26.3 Å². The van der Waals surface area contributed by atoms with Crippen LogP contribution in [0.5, 0.6) is 0 Å². The lowest BCUT2D eigenvalue weighted by molar-refractivity contribution is 0.0796. The fourth-order valence-corrected chi connectivity index (χ4v) is 5.90. The first-order valence-corrected chi connectivity index (χ1v) is 12.2. The molecule has 1 saturated heterocycles. The van der Waals surface area contributed by atoms with Crippen LogP contribution in [0, 0.1) is 19.7 Å². The summed E-state index contributed by atoms with van der Waals surface area (Å²) in [6.45, 7) is 4.94. The minimum Gasteiger partial charge on any atom is -0.347 e. The number of rotatable bonds is 5. The number of hydrogen-bond donors (Lipinski definition) is 1. The van der Waals surface area contributed by atoms with Gasteiger partial charge in [-0.2, -0.15) is 0 Å². The summed E-state index contributed by atoms with van der Waals surface area (Å²) >= 11 is 1.27. The van der Waals surface area contributed by atoms with Crippen molar-refractivity contribution in [1.29, 1.82) is 0 Å². The molecule has 4 rings (SSSR count). The van der Waals surface area contributed by atoms with Gasteiger partial charge in [-0.3, -0.25) is 9.52 Å². The van der Waals surface area contributed by atoms with Crippen molar-refractivity contribution in [2.75, 3.05) is 17.8 Å². The Hall–Kier alpha value is -2.72. The van der Waals surface area contributed by atoms with Gasteiger partial charge in [-0.1, -0.05) is 0 Å². The van der Waals surface area contributed by atoms with E-state index in [1.165, 1.54) is 41.8 Å². The highest BCUT2D eigenvalue weighted by Gasteiger charge is 2.26. The first-order chi connectivity index (χ1) is 14.7. The normalized spacial score (nSPS) is 14.3. The number of benzene rings is 1. The lowest BCUT2D eigenvalue weighted by atomic mass is 10.2. The van der Waals surface area contributed by atoms with Crippen molar-refractivity contribution in [3.05, 3.63) is 52.4 Å². The van der Waals surface area contributed by atoms with Crippen LogP contribution in [-0.2, 0) is 17.1 Å². The Balaban J connectivity index is 1.63. The predicted octanol–water partition coefficient (Wildman–Crippen LogP) is 3.94. The SMILES string of the molecule is Cc1cc(F)ccc1NS(=O)(=O)c1cc(-c2nc(C)c(C(=O)N3CCCC3)s2)n(C)c1. The van der Waals surface area contributed by atoms with E-state index in [4.69, 9.17) is 0 Å². The Morgan fingerprint density at radius 1 is 1.19 bits per heavy atom. The van der Waals surface area contributed by atoms with Gasteiger partial charge in [0.1, 0.15) is 20.6 Å². The monoisotopic (exact) mass is 462 g/mol. The zero-order valence-electron chi connectivity index (χ0n) is 17.5. The molecule has 2 aromatic heterocycles. The van der Waals surface area contributed by atoms with Crippen molar-refractivity contribution in [2.24, 2.45) is 7.05 Å². The predicted molar refractivity (Wildman–Crippen MR) is 118 cm³/mol. The molecule has 7 nitrogen and oxygen atoms in total. The van der Waals surface area contributed by atoms with Gasteiger partial charge in [-0.05, 0) is 56.5 Å². The average molecular weight is 463 g/mol. The largest absolute Gasteiger partial charge is 0.347 e. The summed E-state index contributed by atoms with van der Waals surface area (Å²) in [5.74, 6) is -0.449. The van der Waals surface area contributed by atoms with Crippen LogP contribution in [0.15, 0.2) is 35.4 Å². The van der Waals surface area contributed by atoms with Crippen molar-refractivity contribution in [3.8, 4) is 10.7 Å². The molecule has 0 spiro atoms. The highest BCUT2D eigenvalue weighted by atomic mass is 32.2. The molecule has 1 aliphatic rings. The number of nitrogens with one attached hydrogen (secondary N) is 1. The number of carbonyl (C=O) groups excluding carboxylic acids is 1. The lowest BCUT2D eigenvalue weighted by Gasteiger charge is -2.13. The summed E-state index contributed by atoms with van der Waals surface area (Å²) in [5.41, 5.74) is 2.04. The van der Waals surface area contributed by atoms with Crippen LogP contribution in [0.2, 0.25) is 0 Å². The molecule has 1 aliphatic heterocycles. The van der Waals surface area contributed by atoms with E-state index in [0.717, 1.165) is 25.9 Å². The van der Waals surface area contributed by atoms with Gasteiger partial charge in [0.2, 0.25) is 0 Å². The fraction of sp³-hybridized carbons (Fsp3) is 0.333. The standard InChI is InChI=1S/C21H23FN4O3S2/c1-13-10-15(22)6-7-17(13)24-31(28,29)16-11-18(25(3)12-16)20-23-14(2)19(30-20)21(27)26-8-4-5-9-26/h6-7,10-12,24H,4-5,8-9H2,1-3H3. The van der Waals surface area contributed by atoms with Crippen LogP contribution in [0.3, 0.4) is 0 Å². The van der Waals surface area contributed by atoms with E-state index in [1.54, 1.807) is 25.5 Å². The van der Waals surface area contributed by atoms with Crippen molar-refractivity contribution in [2.45, 2.75) is 31.6 Å². The smallest absolute Gasteiger partial charge is 0.265 e. The third kappa shape index (κ3) is 4.22. The maximum Gasteiger partial charge on any atom is 0.265 e. The molecule has 3 aromatic rings. The van der Waals surface area contributed by atoms with Gasteiger partial charge in [-0.25, -0.2) is 17.8 Å². The first-order valence-electron chi connectivity index (χ1n) is 9.88. The molecule has 0 radical (unpaired) electrons. The maximum absolute atomic E-state index is 13.3. The van der Waals surface area contributed by atoms with Crippen LogP contribution in [0.1, 0.15) is 33.8 Å². The number of nitrogens with zero attached hydrogens (tertiary/aromatic N) is 3. The Morgan fingerprint density at radius 3 is 2.58 bits per heavy atom. The minimum atomic E-state index is -3.88. The Kier molecular flexibility index (Phi) is 5.61. The molecule has 0 saturated carbocycles. The Bertz CT molecular complexity index is 1260. The summed E-state index contributed by atoms with van der Waals surface area (Å²) in [4.78, 5) is 19.8. The molecule has 31 heavy (non-hydrogen) atoms. The number of thiazole rings is 1. The van der Waals surface area contributed by atoms with Crippen molar-refractivity contribution < 1.29 is 17.6 Å². The number of halogens is 1. The second kappa shape index (κ2) is 8.08. The highest BCUT2D eigenvalue weighted by Crippen LogP contribution is 2.32. The highest BCUT2D eigenvalue weighted by molar-refractivity contribution is 7.92. The first kappa shape index (κ1) is 21.5. The Labute approximate surface area is 184 Å². The maximum atomic E-state index is 13.3. The molecule has 1 fully saturated rings. The number of aryl methyl sites for hydroxylation is 3. The minimum absolute atomic E-state index is 0.0192. The fourth-order valence-electron chi connectivity index (χ4n) is 3.61. The van der Waals surface area contributed by atoms with E-state index in [2.05, 4.69) is 9.71 Å². The molecule has 0 atom stereocenters. The number of amides is 1. The van der Waals surface area contributed by atoms with Gasteiger partial charge in [0.15, 0.2) is 0 Å². The molecule has 0 bridgehead atoms. The number of anilines is 1. The van der Waals surface area contributed by atoms with Crippen molar-refractivity contribution >= 4 is 33.0 Å². The van der Waals surface area contributed by atoms with Gasteiger partial charge in [-0.15, -0.1) is 11.3 Å². The second-order valence-electron chi connectivity index (χ2n) is 7.67. The second-order valence-corrected chi connectivity index (χ2v) is 10.4. The number of sulfonamides is 1. The molecular weight excluding hydrogens is 439 g/mol. The van der Waals surface area contributed by atoms with E-state index >= 15 is 0 Å². The molecule has 1 N–H and O–H groups in total. The molecule has 10 heteroatoms. The van der Waals surface area contributed by atoms with Crippen molar-refractivity contribution in [3.63, 3.8) is 0 Å². The number of aromatic nitrogens is 2. The quantitative estimate of drug-likeness (QED) is 0.622. The zero-order valence-corrected chi connectivity index (χ0v) is 19.1. The van der Waals surface area contributed by atoms with E-state index in [0.29, 0.717) is 32.5 Å². The molecule has 0 aliphatic carbocycles. The third-order valence-corrected chi connectivity index (χ3v) is 7.83. The zero-order chi connectivity index (χ0) is 22.3. The van der Waals surface area contributed by atoms with Gasteiger partial charge < -0.3 is 9.47 Å². The van der Waals surface area contributed by atoms with Crippen molar-refractivity contribution in [1.82, 2.24) is 14.5 Å². The summed E-state index contributed by atoms with van der Waals surface area (Å²) in [7, 11) is -2.15. The molecule has 0 unspecified atom stereocenters. The van der Waals surface area contributed by atoms with Gasteiger partial charge >= 0.3 is 0 Å². The number of likely N-dealkylation sites (tertiary alicyclic amines) is 1. The summed E-state index contributed by atoms with van der Waals surface area (Å²) in [6.07, 6.45) is 3.52. The summed E-state index contributed by atoms with van der Waals surface area (Å²) in [6, 6.07) is 5.40. The van der Waals surface area contributed by atoms with Crippen LogP contribution < -0.4 is 4.72 Å². The van der Waals surface area contributed by atoms with Crippen LogP contribution in [0.25, 0.3) is 10.7 Å². The van der Waals surface area contributed by atoms with Gasteiger partial charge in [0.25, 0.3) is 15.9 Å². The number of hydrogen-bond acceptors (Lipinski definition) is 5. The van der Waals surface area contributed by atoms with Crippen LogP contribution in [-0.4, -0.2) is 41.9 Å². The average Bonchev–Trinajstić information content (AvgIpc) is 3.43. The van der Waals surface area contributed by atoms with E-state index in [-0.39, 0.29) is 10.8 Å².